The summed E-state index contributed by atoms with van der Waals surface area (Å²) in [6, 6.07) is 125. The molecule has 0 atom stereocenters. The molecule has 2 aliphatic rings. The first kappa shape index (κ1) is 52.0. The van der Waals surface area contributed by atoms with Gasteiger partial charge in [0.1, 0.15) is 11.2 Å². The minimum atomic E-state index is -0.783. The van der Waals surface area contributed by atoms with Crippen LogP contribution in [0.15, 0.2) is 349 Å². The molecule has 0 amide bonds. The number of fused-ring (bicyclic) bond motifs is 15. The number of rotatable bonds is 10. The van der Waals surface area contributed by atoms with Crippen LogP contribution in [0.25, 0.3) is 87.7 Å². The zero-order valence-electron chi connectivity index (χ0n) is 50.0. The zero-order chi connectivity index (χ0) is 60.5. The monoisotopic (exact) mass is 1170 g/mol. The number of para-hydroxylation sites is 6. The largest absolute Gasteiger partial charge is 0.454 e. The Hall–Kier alpha value is -12.0. The van der Waals surface area contributed by atoms with E-state index in [9.17, 15) is 0 Å². The number of benzene rings is 15. The van der Waals surface area contributed by atoms with Gasteiger partial charge >= 0.3 is 0 Å². The van der Waals surface area contributed by atoms with Gasteiger partial charge in [-0.15, -0.1) is 0 Å². The maximum Gasteiger partial charge on any atom is 0.159 e. The van der Waals surface area contributed by atoms with Crippen LogP contribution in [0.3, 0.4) is 0 Å². The van der Waals surface area contributed by atoms with E-state index in [0.29, 0.717) is 0 Å². The highest BCUT2D eigenvalue weighted by molar-refractivity contribution is 6.13. The minimum absolute atomic E-state index is 0.734. The standard InChI is InChI=1S/C88H56N2O2/c1-7-25-61(26-8-1)87(62-27-9-2-10-28-62)76-50-49-71-74-53-57-45-47-67(89(65-33-15-5-16-34-65)79-41-23-39-72-69-37-19-21-43-81(69)91-85(72)79)51-59(57)55-77(74)88(63-29-11-3-12-30-63,64-31-13-4-14-32-64)84(71)83(76)75-54-58-46-48-68(52-60(58)56-78(75)87)90(66-35-17-6-18-36-66)80-42-24-40-73-70-38-20-22-44-82(70)92-86(73)80/h1-56H. The van der Waals surface area contributed by atoms with Crippen molar-refractivity contribution in [3.8, 4) is 22.3 Å². The summed E-state index contributed by atoms with van der Waals surface area (Å²) < 4.78 is 13.6. The molecule has 2 heterocycles. The van der Waals surface area contributed by atoms with E-state index in [1.165, 1.54) is 66.8 Å². The molecule has 430 valence electrons. The molecular weight excluding hydrogens is 1120 g/mol. The van der Waals surface area contributed by atoms with Crippen molar-refractivity contribution in [3.05, 3.63) is 384 Å². The Balaban J connectivity index is 0.881. The summed E-state index contributed by atoms with van der Waals surface area (Å²) in [4.78, 5) is 4.72. The first-order valence-electron chi connectivity index (χ1n) is 31.7. The Morgan fingerprint density at radius 3 is 1.10 bits per heavy atom. The molecule has 4 nitrogen and oxygen atoms in total. The minimum Gasteiger partial charge on any atom is -0.454 e. The van der Waals surface area contributed by atoms with Crippen LogP contribution in [-0.4, -0.2) is 0 Å². The molecule has 15 aromatic carbocycles. The van der Waals surface area contributed by atoms with Gasteiger partial charge in [0.25, 0.3) is 0 Å². The number of hydrogen-bond donors (Lipinski definition) is 0. The van der Waals surface area contributed by atoms with Gasteiger partial charge in [-0.3, -0.25) is 0 Å². The first-order valence-corrected chi connectivity index (χ1v) is 31.7. The third kappa shape index (κ3) is 7.46. The van der Waals surface area contributed by atoms with Crippen LogP contribution in [0.5, 0.6) is 0 Å². The molecule has 0 saturated carbocycles. The fraction of sp³-hybridized carbons (Fsp3) is 0.0227. The summed E-state index contributed by atoms with van der Waals surface area (Å²) >= 11 is 0. The van der Waals surface area contributed by atoms with Crippen molar-refractivity contribution in [2.24, 2.45) is 0 Å². The summed E-state index contributed by atoms with van der Waals surface area (Å²) in [5, 5.41) is 8.98. The average Bonchev–Trinajstić information content (AvgIpc) is 1.50. The summed E-state index contributed by atoms with van der Waals surface area (Å²) in [5.41, 5.74) is 22.9. The van der Waals surface area contributed by atoms with E-state index in [2.05, 4.69) is 337 Å². The highest BCUT2D eigenvalue weighted by atomic mass is 16.3. The lowest BCUT2D eigenvalue weighted by atomic mass is 9.64. The Morgan fingerprint density at radius 2 is 0.630 bits per heavy atom. The van der Waals surface area contributed by atoms with Crippen LogP contribution in [0.4, 0.5) is 34.1 Å². The second-order valence-corrected chi connectivity index (χ2v) is 24.6. The quantitative estimate of drug-likeness (QED) is 0.137. The Bertz CT molecular complexity index is 5680. The molecule has 0 unspecified atom stereocenters. The highest BCUT2D eigenvalue weighted by Crippen LogP contribution is 2.66. The van der Waals surface area contributed by atoms with Gasteiger partial charge in [-0.05, 0) is 185 Å². The van der Waals surface area contributed by atoms with Gasteiger partial charge in [-0.25, -0.2) is 0 Å². The molecule has 0 spiro atoms. The third-order valence-electron chi connectivity index (χ3n) is 19.9. The van der Waals surface area contributed by atoms with Crippen LogP contribution in [0.1, 0.15) is 44.5 Å². The predicted octanol–water partition coefficient (Wildman–Crippen LogP) is 23.5. The third-order valence-corrected chi connectivity index (χ3v) is 19.9. The smallest absolute Gasteiger partial charge is 0.159 e. The molecule has 0 N–H and O–H groups in total. The molecule has 0 radical (unpaired) electrons. The van der Waals surface area contributed by atoms with Gasteiger partial charge in [-0.1, -0.05) is 243 Å². The van der Waals surface area contributed by atoms with E-state index in [-0.39, 0.29) is 0 Å². The lowest BCUT2D eigenvalue weighted by Crippen LogP contribution is -2.31. The van der Waals surface area contributed by atoms with E-state index in [1.807, 2.05) is 12.1 Å². The van der Waals surface area contributed by atoms with Gasteiger partial charge in [0.05, 0.1) is 22.2 Å². The molecule has 4 heteroatoms. The van der Waals surface area contributed by atoms with Gasteiger partial charge in [-0.2, -0.15) is 0 Å². The van der Waals surface area contributed by atoms with Crippen molar-refractivity contribution in [2.75, 3.05) is 9.80 Å². The molecule has 0 bridgehead atoms. The second-order valence-electron chi connectivity index (χ2n) is 24.6. The second kappa shape index (κ2) is 20.3. The van der Waals surface area contributed by atoms with Crippen molar-refractivity contribution in [3.63, 3.8) is 0 Å². The Morgan fingerprint density at radius 1 is 0.239 bits per heavy atom. The van der Waals surface area contributed by atoms with E-state index >= 15 is 0 Å². The molecule has 0 fully saturated rings. The summed E-state index contributed by atoms with van der Waals surface area (Å²) in [6.45, 7) is 0. The molecule has 0 aliphatic heterocycles. The van der Waals surface area contributed by atoms with Crippen LogP contribution in [0, 0.1) is 0 Å². The Kier molecular flexibility index (Phi) is 11.5. The van der Waals surface area contributed by atoms with Crippen molar-refractivity contribution in [1.82, 2.24) is 0 Å². The molecule has 2 aromatic heterocycles. The fourth-order valence-electron chi connectivity index (χ4n) is 16.1. The van der Waals surface area contributed by atoms with Crippen LogP contribution < -0.4 is 9.80 Å². The van der Waals surface area contributed by atoms with Gasteiger partial charge in [0, 0.05) is 44.3 Å². The lowest BCUT2D eigenvalue weighted by molar-refractivity contribution is 0.668. The van der Waals surface area contributed by atoms with Crippen LogP contribution >= 0.6 is 0 Å². The number of nitrogens with zero attached hydrogens (tertiary/aromatic N) is 2. The maximum atomic E-state index is 6.80. The summed E-state index contributed by atoms with van der Waals surface area (Å²) in [6.07, 6.45) is 0. The molecular formula is C88H56N2O2. The number of furan rings is 2. The Labute approximate surface area is 532 Å². The molecule has 2 aliphatic carbocycles. The average molecular weight is 1170 g/mol. The van der Waals surface area contributed by atoms with Gasteiger partial charge in [0.15, 0.2) is 11.2 Å². The van der Waals surface area contributed by atoms with E-state index in [0.717, 1.165) is 99.5 Å². The molecule has 19 rings (SSSR count). The van der Waals surface area contributed by atoms with E-state index in [1.54, 1.807) is 0 Å². The molecule has 0 saturated heterocycles. The van der Waals surface area contributed by atoms with E-state index in [4.69, 9.17) is 8.83 Å². The molecule has 17 aromatic rings. The maximum absolute atomic E-state index is 6.80. The fourth-order valence-corrected chi connectivity index (χ4v) is 16.1. The topological polar surface area (TPSA) is 32.8 Å². The lowest BCUT2D eigenvalue weighted by Gasteiger charge is -2.37. The van der Waals surface area contributed by atoms with Gasteiger partial charge in [0.2, 0.25) is 0 Å². The van der Waals surface area contributed by atoms with E-state index < -0.39 is 10.8 Å². The normalized spacial score (nSPS) is 13.4. The highest BCUT2D eigenvalue weighted by Gasteiger charge is 2.54. The van der Waals surface area contributed by atoms with Crippen LogP contribution in [0.2, 0.25) is 0 Å². The first-order chi connectivity index (χ1) is 45.6. The zero-order valence-corrected chi connectivity index (χ0v) is 50.0. The van der Waals surface area contributed by atoms with Gasteiger partial charge < -0.3 is 18.6 Å². The SMILES string of the molecule is c1ccc(N(c2ccc3cc4c(cc3c2)C(c2ccccc2)(c2ccccc2)c2ccc3c(c2-4)C(c2ccccc2)(c2ccccc2)c2cc4cc(N(c5ccccc5)c5cccc6c5oc5ccccc56)ccc4cc2-3)c2cccc3c2oc2ccccc23)cc1. The summed E-state index contributed by atoms with van der Waals surface area (Å²) in [5.74, 6) is 0. The van der Waals surface area contributed by atoms with Crippen molar-refractivity contribution in [2.45, 2.75) is 10.8 Å². The van der Waals surface area contributed by atoms with Crippen molar-refractivity contribution >= 4 is 99.5 Å². The predicted molar refractivity (Wildman–Crippen MR) is 380 cm³/mol. The van der Waals surface area contributed by atoms with Crippen molar-refractivity contribution < 1.29 is 8.83 Å². The van der Waals surface area contributed by atoms with Crippen molar-refractivity contribution in [1.29, 1.82) is 0 Å². The molecule has 92 heavy (non-hydrogen) atoms. The van der Waals surface area contributed by atoms with Crippen LogP contribution in [-0.2, 0) is 10.8 Å². The summed E-state index contributed by atoms with van der Waals surface area (Å²) in [7, 11) is 0. The number of hydrogen-bond acceptors (Lipinski definition) is 4. The number of anilines is 6.